The molecule has 0 saturated carbocycles. The third-order valence-corrected chi connectivity index (χ3v) is 2.53. The summed E-state index contributed by atoms with van der Waals surface area (Å²) < 4.78 is 40.3. The summed E-state index contributed by atoms with van der Waals surface area (Å²) in [4.78, 5) is 12.1. The summed E-state index contributed by atoms with van der Waals surface area (Å²) in [5, 5.41) is 13.3. The number of aromatic nitrogens is 6. The van der Waals surface area contributed by atoms with Crippen molar-refractivity contribution in [3.8, 4) is 0 Å². The van der Waals surface area contributed by atoms with E-state index in [1.165, 1.54) is 12.4 Å². The fraction of sp³-hybridized carbons (Fsp3) is 0.545. The van der Waals surface area contributed by atoms with Gasteiger partial charge in [0.15, 0.2) is 5.69 Å². The number of rotatable bonds is 1. The van der Waals surface area contributed by atoms with E-state index in [1.54, 1.807) is 20.8 Å². The summed E-state index contributed by atoms with van der Waals surface area (Å²) in [5.74, 6) is 0. The van der Waals surface area contributed by atoms with E-state index in [0.29, 0.717) is 4.68 Å². The van der Waals surface area contributed by atoms with E-state index >= 15 is 0 Å². The quantitative estimate of drug-likeness (QED) is 0.805. The van der Waals surface area contributed by atoms with Gasteiger partial charge in [-0.1, -0.05) is 31.2 Å². The van der Waals surface area contributed by atoms with Gasteiger partial charge >= 0.3 is 12.2 Å². The Balaban J connectivity index is 2.51. The van der Waals surface area contributed by atoms with Gasteiger partial charge in [0.25, 0.3) is 0 Å². The highest BCUT2D eigenvalue weighted by molar-refractivity contribution is 5.78. The molecule has 0 amide bonds. The van der Waals surface area contributed by atoms with Gasteiger partial charge in [0.2, 0.25) is 0 Å². The molecule has 0 saturated heterocycles. The van der Waals surface area contributed by atoms with Gasteiger partial charge in [-0.25, -0.2) is 4.79 Å². The van der Waals surface area contributed by atoms with E-state index in [1.807, 2.05) is 0 Å². The second-order valence-electron chi connectivity index (χ2n) is 5.66. The smallest absolute Gasteiger partial charge is 0.243 e. The van der Waals surface area contributed by atoms with Gasteiger partial charge in [0.1, 0.15) is 0 Å². The van der Waals surface area contributed by atoms with E-state index in [-0.39, 0.29) is 12.1 Å². The molecule has 0 atom stereocenters. The zero-order chi connectivity index (χ0) is 15.8. The molecule has 21 heavy (non-hydrogen) atoms. The van der Waals surface area contributed by atoms with Crippen LogP contribution in [-0.2, 0) is 12.6 Å². The molecule has 2 aromatic rings. The Morgan fingerprint density at radius 2 is 1.90 bits per heavy atom. The highest BCUT2D eigenvalue weighted by atomic mass is 19.4. The fourth-order valence-electron chi connectivity index (χ4n) is 1.74. The molecule has 2 heterocycles. The maximum Gasteiger partial charge on any atom is 0.437 e. The number of hydrogen-bond acceptors (Lipinski definition) is 5. The van der Waals surface area contributed by atoms with Gasteiger partial charge in [-0.05, 0) is 11.8 Å². The van der Waals surface area contributed by atoms with Crippen LogP contribution >= 0.6 is 0 Å². The SMILES string of the molecule is CC(C)(C)Cc1c(C(F)(F)F)nnn1C(=O)n1ccnn1. The van der Waals surface area contributed by atoms with Crippen LogP contribution in [0.25, 0.3) is 0 Å². The van der Waals surface area contributed by atoms with E-state index in [0.717, 1.165) is 4.68 Å². The zero-order valence-electron chi connectivity index (χ0n) is 11.6. The van der Waals surface area contributed by atoms with Crippen molar-refractivity contribution in [2.45, 2.75) is 33.4 Å². The van der Waals surface area contributed by atoms with Crippen molar-refractivity contribution in [3.63, 3.8) is 0 Å². The van der Waals surface area contributed by atoms with Gasteiger partial charge in [0, 0.05) is 0 Å². The molecule has 0 aliphatic heterocycles. The standard InChI is InChI=1S/C11H13F3N6O/c1-10(2,3)6-7-8(11(12,13)14)16-18-20(7)9(21)19-5-4-15-17-19/h4-5H,6H2,1-3H3. The first-order chi connectivity index (χ1) is 9.59. The van der Waals surface area contributed by atoms with Crippen molar-refractivity contribution in [1.82, 2.24) is 30.0 Å². The minimum Gasteiger partial charge on any atom is -0.243 e. The van der Waals surface area contributed by atoms with Gasteiger partial charge in [-0.3, -0.25) is 0 Å². The van der Waals surface area contributed by atoms with Crippen molar-refractivity contribution in [1.29, 1.82) is 0 Å². The minimum absolute atomic E-state index is 0.0186. The number of nitrogens with zero attached hydrogens (tertiary/aromatic N) is 6. The molecular weight excluding hydrogens is 289 g/mol. The van der Waals surface area contributed by atoms with Crippen LogP contribution in [-0.4, -0.2) is 36.0 Å². The first kappa shape index (κ1) is 15.1. The predicted octanol–water partition coefficient (Wildman–Crippen LogP) is 1.99. The first-order valence-electron chi connectivity index (χ1n) is 6.02. The van der Waals surface area contributed by atoms with E-state index in [9.17, 15) is 18.0 Å². The highest BCUT2D eigenvalue weighted by Crippen LogP contribution is 2.33. The van der Waals surface area contributed by atoms with Crippen LogP contribution in [0.2, 0.25) is 0 Å². The molecule has 0 aromatic carbocycles. The third-order valence-electron chi connectivity index (χ3n) is 2.53. The first-order valence-corrected chi connectivity index (χ1v) is 6.02. The highest BCUT2D eigenvalue weighted by Gasteiger charge is 2.40. The lowest BCUT2D eigenvalue weighted by atomic mass is 9.90. The van der Waals surface area contributed by atoms with Gasteiger partial charge < -0.3 is 0 Å². The van der Waals surface area contributed by atoms with Crippen molar-refractivity contribution in [2.24, 2.45) is 5.41 Å². The second kappa shape index (κ2) is 4.93. The number of halogens is 3. The molecule has 10 heteroatoms. The Morgan fingerprint density at radius 3 is 2.38 bits per heavy atom. The van der Waals surface area contributed by atoms with Gasteiger partial charge in [-0.15, -0.1) is 10.2 Å². The maximum atomic E-state index is 13.0. The summed E-state index contributed by atoms with van der Waals surface area (Å²) in [5.41, 5.74) is -1.94. The lowest BCUT2D eigenvalue weighted by Crippen LogP contribution is -2.26. The van der Waals surface area contributed by atoms with Crippen LogP contribution in [0.1, 0.15) is 32.2 Å². The lowest BCUT2D eigenvalue weighted by molar-refractivity contribution is -0.142. The Labute approximate surface area is 117 Å². The molecule has 0 spiro atoms. The number of carbonyl (C=O) groups excluding carboxylic acids is 1. The molecule has 0 radical (unpaired) electrons. The number of hydrogen-bond donors (Lipinski definition) is 0. The zero-order valence-corrected chi connectivity index (χ0v) is 11.6. The fourth-order valence-corrected chi connectivity index (χ4v) is 1.74. The van der Waals surface area contributed by atoms with Gasteiger partial charge in [-0.2, -0.15) is 22.5 Å². The molecule has 0 aliphatic rings. The average Bonchev–Trinajstić information content (AvgIpc) is 2.92. The molecule has 0 N–H and O–H groups in total. The average molecular weight is 302 g/mol. The summed E-state index contributed by atoms with van der Waals surface area (Å²) in [7, 11) is 0. The summed E-state index contributed by atoms with van der Waals surface area (Å²) in [6.07, 6.45) is -2.24. The molecule has 114 valence electrons. The van der Waals surface area contributed by atoms with Crippen molar-refractivity contribution < 1.29 is 18.0 Å². The largest absolute Gasteiger partial charge is 0.437 e. The lowest BCUT2D eigenvalue weighted by Gasteiger charge is -2.19. The molecule has 2 rings (SSSR count). The Hall–Kier alpha value is -2.26. The van der Waals surface area contributed by atoms with Crippen molar-refractivity contribution >= 4 is 6.03 Å². The Kier molecular flexibility index (Phi) is 3.56. The monoisotopic (exact) mass is 302 g/mol. The Bertz CT molecular complexity index is 638. The molecule has 7 nitrogen and oxygen atoms in total. The Morgan fingerprint density at radius 1 is 1.24 bits per heavy atom. The summed E-state index contributed by atoms with van der Waals surface area (Å²) in [6.45, 7) is 5.26. The molecule has 0 fully saturated rings. The van der Waals surface area contributed by atoms with E-state index in [4.69, 9.17) is 0 Å². The third kappa shape index (κ3) is 3.26. The van der Waals surface area contributed by atoms with Gasteiger partial charge in [0.05, 0.1) is 18.1 Å². The topological polar surface area (TPSA) is 78.5 Å². The maximum absolute atomic E-state index is 13.0. The van der Waals surface area contributed by atoms with Crippen LogP contribution in [0.3, 0.4) is 0 Å². The predicted molar refractivity (Wildman–Crippen MR) is 64.4 cm³/mol. The number of alkyl halides is 3. The number of carbonyl (C=O) groups is 1. The summed E-state index contributed by atoms with van der Waals surface area (Å²) >= 11 is 0. The van der Waals surface area contributed by atoms with E-state index < -0.39 is 23.3 Å². The molecule has 0 aliphatic carbocycles. The molecule has 0 bridgehead atoms. The second-order valence-corrected chi connectivity index (χ2v) is 5.66. The van der Waals surface area contributed by atoms with Crippen molar-refractivity contribution in [3.05, 3.63) is 23.8 Å². The van der Waals surface area contributed by atoms with Crippen LogP contribution in [0.15, 0.2) is 12.4 Å². The van der Waals surface area contributed by atoms with Crippen LogP contribution in [0.5, 0.6) is 0 Å². The molecular formula is C11H13F3N6O. The summed E-state index contributed by atoms with van der Waals surface area (Å²) in [6, 6.07) is -0.866. The van der Waals surface area contributed by atoms with E-state index in [2.05, 4.69) is 20.6 Å². The van der Waals surface area contributed by atoms with Crippen LogP contribution in [0.4, 0.5) is 18.0 Å². The van der Waals surface area contributed by atoms with Crippen LogP contribution < -0.4 is 0 Å². The minimum atomic E-state index is -4.68. The molecule has 2 aromatic heterocycles. The normalized spacial score (nSPS) is 12.7. The van der Waals surface area contributed by atoms with Crippen molar-refractivity contribution in [2.75, 3.05) is 0 Å². The molecule has 0 unspecified atom stereocenters. The van der Waals surface area contributed by atoms with Crippen LogP contribution in [0, 0.1) is 5.41 Å².